The molecule has 3 rings (SSSR count). The second kappa shape index (κ2) is 9.63. The third kappa shape index (κ3) is 5.81. The van der Waals surface area contributed by atoms with E-state index in [1.54, 1.807) is 28.9 Å². The second-order valence-electron chi connectivity index (χ2n) is 8.32. The van der Waals surface area contributed by atoms with Gasteiger partial charge in [0.15, 0.2) is 0 Å². The minimum atomic E-state index is -0.859. The fraction of sp³-hybridized carbons (Fsp3) is 0.261. The zero-order valence-electron chi connectivity index (χ0n) is 17.9. The van der Waals surface area contributed by atoms with Crippen molar-refractivity contribution in [1.82, 2.24) is 9.78 Å². The van der Waals surface area contributed by atoms with Crippen LogP contribution >= 0.6 is 23.2 Å². The average molecular weight is 475 g/mol. The number of carboxylic acids is 1. The number of benzene rings is 2. The zero-order chi connectivity index (χ0) is 23.5. The van der Waals surface area contributed by atoms with Crippen LogP contribution in [0.15, 0.2) is 48.5 Å². The first-order valence-electron chi connectivity index (χ1n) is 9.98. The predicted molar refractivity (Wildman–Crippen MR) is 127 cm³/mol. The second-order valence-corrected chi connectivity index (χ2v) is 9.13. The van der Waals surface area contributed by atoms with Gasteiger partial charge < -0.3 is 10.4 Å². The first-order chi connectivity index (χ1) is 15.0. The molecule has 2 amide bonds. The van der Waals surface area contributed by atoms with Crippen molar-refractivity contribution in [2.75, 3.05) is 10.6 Å². The summed E-state index contributed by atoms with van der Waals surface area (Å²) in [6, 6.07) is 13.6. The number of para-hydroxylation sites is 1. The molecule has 0 aliphatic carbocycles. The van der Waals surface area contributed by atoms with E-state index in [1.807, 2.05) is 45.0 Å². The van der Waals surface area contributed by atoms with E-state index in [1.165, 1.54) is 0 Å². The zero-order valence-corrected chi connectivity index (χ0v) is 19.5. The summed E-state index contributed by atoms with van der Waals surface area (Å²) in [5, 5.41) is 19.8. The molecule has 3 N–H and O–H groups in total. The summed E-state index contributed by atoms with van der Waals surface area (Å²) in [4.78, 5) is 23.7. The highest BCUT2D eigenvalue weighted by atomic mass is 35.5. The van der Waals surface area contributed by atoms with Crippen molar-refractivity contribution >= 4 is 46.7 Å². The minimum Gasteiger partial charge on any atom is -0.481 e. The molecule has 3 aromatic rings. The van der Waals surface area contributed by atoms with E-state index < -0.39 is 12.0 Å². The number of carboxylic acid groups (broad SMARTS) is 1. The molecule has 0 aliphatic rings. The van der Waals surface area contributed by atoms with Crippen LogP contribution in [0.2, 0.25) is 10.0 Å². The Morgan fingerprint density at radius 2 is 1.69 bits per heavy atom. The number of anilines is 2. The van der Waals surface area contributed by atoms with Gasteiger partial charge in [-0.1, -0.05) is 62.2 Å². The lowest BCUT2D eigenvalue weighted by atomic mass is 9.92. The highest BCUT2D eigenvalue weighted by Crippen LogP contribution is 2.31. The van der Waals surface area contributed by atoms with Gasteiger partial charge in [-0.05, 0) is 36.2 Å². The van der Waals surface area contributed by atoms with E-state index >= 15 is 0 Å². The van der Waals surface area contributed by atoms with Crippen molar-refractivity contribution in [2.24, 2.45) is 0 Å². The number of urea groups is 1. The lowest BCUT2D eigenvalue weighted by Crippen LogP contribution is -2.21. The summed E-state index contributed by atoms with van der Waals surface area (Å²) in [7, 11) is 0. The first-order valence-corrected chi connectivity index (χ1v) is 10.7. The van der Waals surface area contributed by atoms with Crippen LogP contribution in [-0.2, 0) is 16.6 Å². The number of halogens is 2. The third-order valence-corrected chi connectivity index (χ3v) is 5.33. The molecule has 0 spiro atoms. The molecule has 1 aromatic heterocycles. The summed E-state index contributed by atoms with van der Waals surface area (Å²) in [5.41, 5.74) is 2.39. The van der Waals surface area contributed by atoms with Gasteiger partial charge in [0, 0.05) is 17.9 Å². The number of aromatic nitrogens is 2. The van der Waals surface area contributed by atoms with Crippen molar-refractivity contribution in [2.45, 2.75) is 39.0 Å². The van der Waals surface area contributed by atoms with Crippen molar-refractivity contribution in [1.29, 1.82) is 0 Å². The Kier molecular flexibility index (Phi) is 7.11. The van der Waals surface area contributed by atoms with Gasteiger partial charge in [0.05, 0.1) is 27.1 Å². The predicted octanol–water partition coefficient (Wildman–Crippen LogP) is 6.14. The number of nitrogens with zero attached hydrogens (tertiary/aromatic N) is 2. The molecule has 9 heteroatoms. The Hall–Kier alpha value is -3.03. The molecule has 7 nitrogen and oxygen atoms in total. The molecule has 32 heavy (non-hydrogen) atoms. The number of hydrogen-bond acceptors (Lipinski definition) is 3. The number of amides is 2. The SMILES string of the molecule is CC(C)(C)c1cc(NC(=O)Nc2c(Cl)cccc2Cl)n(-c2cccc(CCC(=O)O)c2)n1. The van der Waals surface area contributed by atoms with Gasteiger partial charge in [-0.2, -0.15) is 5.10 Å². The molecule has 168 valence electrons. The van der Waals surface area contributed by atoms with Gasteiger partial charge in [-0.25, -0.2) is 9.48 Å². The van der Waals surface area contributed by atoms with Crippen LogP contribution in [0, 0.1) is 0 Å². The van der Waals surface area contributed by atoms with Crippen molar-refractivity contribution in [3.05, 3.63) is 69.8 Å². The molecular formula is C23H24Cl2N4O3. The number of carbonyl (C=O) groups is 2. The van der Waals surface area contributed by atoms with Crippen LogP contribution in [-0.4, -0.2) is 26.9 Å². The molecule has 0 fully saturated rings. The summed E-state index contributed by atoms with van der Waals surface area (Å²) < 4.78 is 1.62. The number of rotatable bonds is 6. The van der Waals surface area contributed by atoms with Crippen LogP contribution < -0.4 is 10.6 Å². The van der Waals surface area contributed by atoms with Gasteiger partial charge in [0.25, 0.3) is 0 Å². The minimum absolute atomic E-state index is 0.0297. The van der Waals surface area contributed by atoms with Crippen LogP contribution in [0.1, 0.15) is 38.4 Å². The molecule has 0 bridgehead atoms. The van der Waals surface area contributed by atoms with Gasteiger partial charge >= 0.3 is 12.0 Å². The fourth-order valence-electron chi connectivity index (χ4n) is 3.01. The lowest BCUT2D eigenvalue weighted by molar-refractivity contribution is -0.136. The maximum Gasteiger partial charge on any atom is 0.324 e. The fourth-order valence-corrected chi connectivity index (χ4v) is 3.50. The Balaban J connectivity index is 1.92. The normalized spacial score (nSPS) is 11.3. The first kappa shape index (κ1) is 23.6. The van der Waals surface area contributed by atoms with Gasteiger partial charge in [0.2, 0.25) is 0 Å². The number of aliphatic carboxylic acids is 1. The maximum absolute atomic E-state index is 12.7. The summed E-state index contributed by atoms with van der Waals surface area (Å²) in [5.74, 6) is -0.409. The monoisotopic (exact) mass is 474 g/mol. The maximum atomic E-state index is 12.7. The molecule has 0 aliphatic heterocycles. The topological polar surface area (TPSA) is 96.2 Å². The van der Waals surface area contributed by atoms with Crippen molar-refractivity contribution < 1.29 is 14.7 Å². The number of hydrogen-bond donors (Lipinski definition) is 3. The van der Waals surface area contributed by atoms with E-state index in [2.05, 4.69) is 15.7 Å². The largest absolute Gasteiger partial charge is 0.481 e. The van der Waals surface area contributed by atoms with Crippen LogP contribution in [0.3, 0.4) is 0 Å². The Morgan fingerprint density at radius 3 is 2.31 bits per heavy atom. The van der Waals surface area contributed by atoms with E-state index in [-0.39, 0.29) is 11.8 Å². The summed E-state index contributed by atoms with van der Waals surface area (Å²) in [6.07, 6.45) is 0.423. The molecule has 0 unspecified atom stereocenters. The quantitative estimate of drug-likeness (QED) is 0.399. The molecular weight excluding hydrogens is 451 g/mol. The standard InChI is InChI=1S/C23H24Cl2N4O3/c1-23(2,3)18-13-19(26-22(32)27-21-16(24)8-5-9-17(21)25)29(28-18)15-7-4-6-14(12-15)10-11-20(30)31/h4-9,12-13H,10-11H2,1-3H3,(H,30,31)(H2,26,27,32). The molecule has 0 atom stereocenters. The Morgan fingerprint density at radius 1 is 1.03 bits per heavy atom. The molecule has 0 saturated carbocycles. The number of carbonyl (C=O) groups excluding carboxylic acids is 1. The molecule has 2 aromatic carbocycles. The van der Waals surface area contributed by atoms with E-state index in [0.29, 0.717) is 33.7 Å². The van der Waals surface area contributed by atoms with E-state index in [9.17, 15) is 9.59 Å². The average Bonchev–Trinajstić information content (AvgIpc) is 3.14. The lowest BCUT2D eigenvalue weighted by Gasteiger charge is -2.14. The number of nitrogens with one attached hydrogen (secondary N) is 2. The van der Waals surface area contributed by atoms with E-state index in [0.717, 1.165) is 11.3 Å². The number of aryl methyl sites for hydroxylation is 1. The van der Waals surface area contributed by atoms with Crippen molar-refractivity contribution in [3.63, 3.8) is 0 Å². The Labute approximate surface area is 196 Å². The highest BCUT2D eigenvalue weighted by molar-refractivity contribution is 6.39. The van der Waals surface area contributed by atoms with Crippen LogP contribution in [0.5, 0.6) is 0 Å². The van der Waals surface area contributed by atoms with Gasteiger partial charge in [0.1, 0.15) is 5.82 Å². The smallest absolute Gasteiger partial charge is 0.324 e. The summed E-state index contributed by atoms with van der Waals surface area (Å²) >= 11 is 12.3. The van der Waals surface area contributed by atoms with Crippen LogP contribution in [0.25, 0.3) is 5.69 Å². The van der Waals surface area contributed by atoms with Gasteiger partial charge in [-0.15, -0.1) is 0 Å². The molecule has 1 heterocycles. The molecule has 0 saturated heterocycles. The Bertz CT molecular complexity index is 1130. The van der Waals surface area contributed by atoms with Crippen molar-refractivity contribution in [3.8, 4) is 5.69 Å². The van der Waals surface area contributed by atoms with Crippen LogP contribution in [0.4, 0.5) is 16.3 Å². The van der Waals surface area contributed by atoms with E-state index in [4.69, 9.17) is 28.3 Å². The molecule has 0 radical (unpaired) electrons. The van der Waals surface area contributed by atoms with Gasteiger partial charge in [-0.3, -0.25) is 10.1 Å². The summed E-state index contributed by atoms with van der Waals surface area (Å²) in [6.45, 7) is 6.07. The highest BCUT2D eigenvalue weighted by Gasteiger charge is 2.22. The third-order valence-electron chi connectivity index (χ3n) is 4.70.